The molecule has 530 valence electrons. The number of furan rings is 1. The van der Waals surface area contributed by atoms with Crippen molar-refractivity contribution in [3.05, 3.63) is 344 Å². The number of anilines is 12. The van der Waals surface area contributed by atoms with Gasteiger partial charge in [-0.2, -0.15) is 0 Å². The normalized spacial score (nSPS) is 13.4. The van der Waals surface area contributed by atoms with Gasteiger partial charge >= 0.3 is 0 Å². The number of benzene rings is 15. The Morgan fingerprint density at radius 2 is 0.636 bits per heavy atom. The van der Waals surface area contributed by atoms with Gasteiger partial charge in [-0.05, 0) is 192 Å². The molecule has 0 radical (unpaired) electrons. The van der Waals surface area contributed by atoms with E-state index in [1.54, 1.807) is 0 Å². The maximum absolute atomic E-state index is 7.31. The van der Waals surface area contributed by atoms with E-state index in [-0.39, 0.29) is 23.0 Å². The van der Waals surface area contributed by atoms with Crippen molar-refractivity contribution in [2.75, 3.05) is 19.6 Å². The largest absolute Gasteiger partial charge is 0.455 e. The average Bonchev–Trinajstić information content (AvgIpc) is 0.894. The molecule has 110 heavy (non-hydrogen) atoms. The number of fused-ring (bicyclic) bond motifs is 11. The Hall–Kier alpha value is -13.0. The molecule has 0 N–H and O–H groups in total. The summed E-state index contributed by atoms with van der Waals surface area (Å²) in [5.74, 6) is 3.15. The van der Waals surface area contributed by atoms with Crippen LogP contribution in [0.2, 0.25) is 0 Å². The predicted octanol–water partition coefficient (Wildman–Crippen LogP) is 27.0. The van der Waals surface area contributed by atoms with E-state index in [4.69, 9.17) is 13.9 Å². The van der Waals surface area contributed by atoms with Crippen LogP contribution in [-0.2, 0) is 16.2 Å². The van der Waals surface area contributed by atoms with Crippen LogP contribution >= 0.6 is 0 Å². The van der Waals surface area contributed by atoms with Crippen LogP contribution in [0.3, 0.4) is 0 Å². The summed E-state index contributed by atoms with van der Waals surface area (Å²) in [7, 11) is 0. The number of hydrogen-bond donors (Lipinski definition) is 0. The monoisotopic (exact) mass is 1420 g/mol. The molecule has 16 aromatic rings. The first kappa shape index (κ1) is 66.4. The van der Waals surface area contributed by atoms with Gasteiger partial charge in [0.1, 0.15) is 11.2 Å². The second-order valence-electron chi connectivity index (χ2n) is 32.8. The van der Waals surface area contributed by atoms with Gasteiger partial charge in [0.2, 0.25) is 0 Å². The maximum atomic E-state index is 7.31. The van der Waals surface area contributed by atoms with E-state index in [0.717, 1.165) is 180 Å². The Morgan fingerprint density at radius 3 is 1.09 bits per heavy atom. The van der Waals surface area contributed by atoms with Crippen molar-refractivity contribution in [2.45, 2.75) is 78.6 Å². The van der Waals surface area contributed by atoms with E-state index in [9.17, 15) is 0 Å². The highest BCUT2D eigenvalue weighted by Crippen LogP contribution is 2.59. The Kier molecular flexibility index (Phi) is 15.3. The smallest absolute Gasteiger partial charge is 0.252 e. The summed E-state index contributed by atoms with van der Waals surface area (Å²) < 4.78 is 21.0. The van der Waals surface area contributed by atoms with Crippen molar-refractivity contribution < 1.29 is 13.9 Å². The fourth-order valence-electron chi connectivity index (χ4n) is 17.3. The molecule has 8 heteroatoms. The number of hydrogen-bond acceptors (Lipinski definition) is 7. The highest BCUT2D eigenvalue weighted by Gasteiger charge is 2.47. The van der Waals surface area contributed by atoms with Crippen molar-refractivity contribution in [3.8, 4) is 78.6 Å². The molecule has 4 aliphatic heterocycles. The van der Waals surface area contributed by atoms with Crippen molar-refractivity contribution >= 4 is 113 Å². The SMILES string of the molecule is CC(C)(C)c1ccc(-c2cc(C(C)(C)C)cc(-c3cccc4c3oc3ccccc34)c2N2c3cc(N4c5ccccc5Oc5ccccc54)ccc3B3c4ccc(N5c6ccccc6Oc6ccccc65)cc4N(c4c(-c5ccccc5)cc(C(C)(C)C)cc4-c4ccccc4)c4cc(-c5ccccc5)cc2c43)cc1. The topological polar surface area (TPSA) is 44.6 Å². The highest BCUT2D eigenvalue weighted by molar-refractivity contribution is 7.00. The number of ether oxygens (including phenoxy) is 2. The zero-order valence-corrected chi connectivity index (χ0v) is 63.3. The summed E-state index contributed by atoms with van der Waals surface area (Å²) in [6.45, 7) is 20.6. The lowest BCUT2D eigenvalue weighted by Gasteiger charge is -2.47. The fourth-order valence-corrected chi connectivity index (χ4v) is 17.3. The van der Waals surface area contributed by atoms with Crippen LogP contribution in [0.5, 0.6) is 23.0 Å². The number of rotatable bonds is 9. The maximum Gasteiger partial charge on any atom is 0.252 e. The van der Waals surface area contributed by atoms with Crippen molar-refractivity contribution in [3.63, 3.8) is 0 Å². The predicted molar refractivity (Wildman–Crippen MR) is 461 cm³/mol. The molecular weight excluding hydrogens is 1340 g/mol. The van der Waals surface area contributed by atoms with Crippen LogP contribution < -0.4 is 45.5 Å². The van der Waals surface area contributed by atoms with E-state index in [2.05, 4.69) is 409 Å². The molecule has 0 spiro atoms. The molecule has 15 aromatic carbocycles. The second kappa shape index (κ2) is 25.3. The molecule has 0 aliphatic carbocycles. The minimum absolute atomic E-state index is 0.102. The molecule has 0 bridgehead atoms. The van der Waals surface area contributed by atoms with Gasteiger partial charge < -0.3 is 33.5 Å². The molecule has 0 amide bonds. The molecule has 0 atom stereocenters. The lowest BCUT2D eigenvalue weighted by Crippen LogP contribution is -2.61. The lowest BCUT2D eigenvalue weighted by molar-refractivity contribution is 0.477. The third-order valence-electron chi connectivity index (χ3n) is 22.9. The lowest BCUT2D eigenvalue weighted by atomic mass is 9.33. The quantitative estimate of drug-likeness (QED) is 0.133. The fraction of sp³-hybridized carbons (Fsp3) is 0.118. The van der Waals surface area contributed by atoms with Crippen molar-refractivity contribution in [1.82, 2.24) is 0 Å². The van der Waals surface area contributed by atoms with Gasteiger partial charge in [0, 0.05) is 72.7 Å². The standard InChI is InChI=1S/C102H81BN4O3/c1-100(2,3)69-50-48-67(49-51-69)79-60-71(102(7,8)9)61-80(76-38-29-37-75-74-36-19-24-43-91(74)110-99(75)76)98(79)107-88-63-73(105-85-41-22-27-46-94(85)109-95-47-28-23-42-86(95)105)53-55-82(88)103-81-54-52-72(104-83-39-20-25-44-92(83)108-93-45-26-21-40-84(93)104)62-87(81)106(89-56-68(57-90(107)96(89)103)64-30-13-10-14-31-64)97-77(65-32-15-11-16-33-65)58-70(101(4,5)6)59-78(97)66-34-17-12-18-35-66/h10-63H,1-9H3. The molecule has 0 fully saturated rings. The van der Waals surface area contributed by atoms with E-state index in [1.807, 2.05) is 0 Å². The minimum atomic E-state index is -0.348. The molecule has 7 nitrogen and oxygen atoms in total. The van der Waals surface area contributed by atoms with Crippen LogP contribution in [-0.4, -0.2) is 6.71 Å². The summed E-state index contributed by atoms with van der Waals surface area (Å²) in [5, 5.41) is 2.14. The molecule has 4 aliphatic rings. The highest BCUT2D eigenvalue weighted by atomic mass is 16.5. The summed E-state index contributed by atoms with van der Waals surface area (Å²) >= 11 is 0. The molecule has 1 aromatic heterocycles. The number of nitrogens with zero attached hydrogens (tertiary/aromatic N) is 4. The van der Waals surface area contributed by atoms with Crippen LogP contribution in [0.25, 0.3) is 77.6 Å². The Bertz CT molecular complexity index is 6230. The van der Waals surface area contributed by atoms with Gasteiger partial charge in [0.15, 0.2) is 23.0 Å². The molecule has 5 heterocycles. The summed E-state index contributed by atoms with van der Waals surface area (Å²) in [5.41, 5.74) is 31.2. The molecular formula is C102H81BN4O3. The Morgan fingerprint density at radius 1 is 0.255 bits per heavy atom. The van der Waals surface area contributed by atoms with E-state index >= 15 is 0 Å². The molecule has 0 saturated carbocycles. The van der Waals surface area contributed by atoms with E-state index < -0.39 is 0 Å². The minimum Gasteiger partial charge on any atom is -0.455 e. The van der Waals surface area contributed by atoms with Gasteiger partial charge in [0.25, 0.3) is 6.71 Å². The first-order valence-corrected chi connectivity index (χ1v) is 38.4. The molecule has 0 unspecified atom stereocenters. The summed E-state index contributed by atoms with van der Waals surface area (Å²) in [6.07, 6.45) is 0. The third-order valence-corrected chi connectivity index (χ3v) is 22.9. The molecule has 20 rings (SSSR count). The van der Waals surface area contributed by atoms with E-state index in [1.165, 1.54) is 22.2 Å². The van der Waals surface area contributed by atoms with Crippen LogP contribution in [0.4, 0.5) is 68.2 Å². The zero-order valence-electron chi connectivity index (χ0n) is 63.3. The molecule has 0 saturated heterocycles. The van der Waals surface area contributed by atoms with Crippen molar-refractivity contribution in [1.29, 1.82) is 0 Å². The van der Waals surface area contributed by atoms with Gasteiger partial charge in [0.05, 0.1) is 34.1 Å². The zero-order chi connectivity index (χ0) is 74.5. The van der Waals surface area contributed by atoms with Crippen LogP contribution in [0.15, 0.2) is 332 Å². The van der Waals surface area contributed by atoms with Gasteiger partial charge in [-0.25, -0.2) is 0 Å². The second-order valence-corrected chi connectivity index (χ2v) is 32.8. The first-order chi connectivity index (χ1) is 53.5. The Balaban J connectivity index is 0.981. The third kappa shape index (κ3) is 10.9. The first-order valence-electron chi connectivity index (χ1n) is 38.4. The van der Waals surface area contributed by atoms with E-state index in [0.29, 0.717) is 0 Å². The Labute approximate surface area is 644 Å². The summed E-state index contributed by atoms with van der Waals surface area (Å²) in [6, 6.07) is 121. The van der Waals surface area contributed by atoms with Gasteiger partial charge in [-0.3, -0.25) is 0 Å². The summed E-state index contributed by atoms with van der Waals surface area (Å²) in [4.78, 5) is 10.2. The number of para-hydroxylation sites is 10. The van der Waals surface area contributed by atoms with Crippen LogP contribution in [0.1, 0.15) is 79.0 Å². The van der Waals surface area contributed by atoms with Gasteiger partial charge in [-0.15, -0.1) is 0 Å². The van der Waals surface area contributed by atoms with Crippen LogP contribution in [0, 0.1) is 0 Å². The van der Waals surface area contributed by atoms with Gasteiger partial charge in [-0.1, -0.05) is 275 Å². The van der Waals surface area contributed by atoms with Crippen molar-refractivity contribution in [2.24, 2.45) is 0 Å². The average molecular weight is 1420 g/mol.